The van der Waals surface area contributed by atoms with Crippen molar-refractivity contribution in [2.75, 3.05) is 7.11 Å². The Morgan fingerprint density at radius 2 is 1.83 bits per heavy atom. The second-order valence-electron chi connectivity index (χ2n) is 4.99. The van der Waals surface area contributed by atoms with Crippen molar-refractivity contribution in [3.05, 3.63) is 34.3 Å². The van der Waals surface area contributed by atoms with E-state index >= 15 is 0 Å². The Morgan fingerprint density at radius 1 is 1.22 bits per heavy atom. The minimum Gasteiger partial charge on any atom is -0.370 e. The third-order valence-electron chi connectivity index (χ3n) is 3.84. The van der Waals surface area contributed by atoms with Gasteiger partial charge in [0.05, 0.1) is 0 Å². The predicted molar refractivity (Wildman–Crippen MR) is 75.7 cm³/mol. The lowest BCUT2D eigenvalue weighted by Gasteiger charge is -2.34. The number of Topliss-reactive ketones (excluding diaryl/α,β-unsaturated/α-hetero) is 1. The summed E-state index contributed by atoms with van der Waals surface area (Å²) in [4.78, 5) is 12.5. The molecule has 1 aliphatic carbocycles. The van der Waals surface area contributed by atoms with Crippen LogP contribution in [0.4, 0.5) is 0 Å². The van der Waals surface area contributed by atoms with Crippen molar-refractivity contribution in [3.8, 4) is 0 Å². The zero-order valence-electron chi connectivity index (χ0n) is 10.7. The fourth-order valence-corrected chi connectivity index (χ4v) is 2.93. The van der Waals surface area contributed by atoms with E-state index in [1.165, 1.54) is 6.42 Å². The standard InChI is InChI=1S/C15H19BrO2/c1-18-15(9-3-2-4-10-15)14(17)11-12-5-7-13(16)8-6-12/h5-8H,2-4,9-11H2,1H3. The molecular weight excluding hydrogens is 292 g/mol. The molecule has 98 valence electrons. The average Bonchev–Trinajstić information content (AvgIpc) is 2.42. The zero-order valence-corrected chi connectivity index (χ0v) is 12.3. The summed E-state index contributed by atoms with van der Waals surface area (Å²) in [5, 5.41) is 0. The molecule has 2 nitrogen and oxygen atoms in total. The summed E-state index contributed by atoms with van der Waals surface area (Å²) in [6.07, 6.45) is 5.63. The van der Waals surface area contributed by atoms with Crippen molar-refractivity contribution in [2.45, 2.75) is 44.1 Å². The summed E-state index contributed by atoms with van der Waals surface area (Å²) in [7, 11) is 1.67. The molecule has 1 aromatic rings. The first-order valence-corrected chi connectivity index (χ1v) is 7.28. The van der Waals surface area contributed by atoms with Crippen LogP contribution in [0.3, 0.4) is 0 Å². The van der Waals surface area contributed by atoms with E-state index in [2.05, 4.69) is 15.9 Å². The van der Waals surface area contributed by atoms with E-state index in [4.69, 9.17) is 4.74 Å². The van der Waals surface area contributed by atoms with Gasteiger partial charge in [-0.1, -0.05) is 47.3 Å². The Hall–Kier alpha value is -0.670. The minimum atomic E-state index is -0.522. The first-order valence-electron chi connectivity index (χ1n) is 6.49. The molecule has 1 saturated carbocycles. The Balaban J connectivity index is 2.07. The van der Waals surface area contributed by atoms with Gasteiger partial charge in [-0.25, -0.2) is 0 Å². The molecule has 0 N–H and O–H groups in total. The van der Waals surface area contributed by atoms with Gasteiger partial charge in [0, 0.05) is 18.0 Å². The van der Waals surface area contributed by atoms with Gasteiger partial charge < -0.3 is 4.74 Å². The molecule has 18 heavy (non-hydrogen) atoms. The fourth-order valence-electron chi connectivity index (χ4n) is 2.67. The molecule has 1 aromatic carbocycles. The van der Waals surface area contributed by atoms with Crippen LogP contribution in [-0.4, -0.2) is 18.5 Å². The highest BCUT2D eigenvalue weighted by molar-refractivity contribution is 9.10. The second kappa shape index (κ2) is 5.98. The van der Waals surface area contributed by atoms with Crippen molar-refractivity contribution in [3.63, 3.8) is 0 Å². The van der Waals surface area contributed by atoms with E-state index < -0.39 is 5.60 Å². The van der Waals surface area contributed by atoms with Gasteiger partial charge in [0.25, 0.3) is 0 Å². The van der Waals surface area contributed by atoms with E-state index in [0.717, 1.165) is 35.7 Å². The number of halogens is 1. The molecule has 0 heterocycles. The summed E-state index contributed by atoms with van der Waals surface area (Å²) in [6, 6.07) is 7.94. The van der Waals surface area contributed by atoms with Crippen molar-refractivity contribution in [1.82, 2.24) is 0 Å². The lowest BCUT2D eigenvalue weighted by molar-refractivity contribution is -0.144. The lowest BCUT2D eigenvalue weighted by Crippen LogP contribution is -2.43. The molecule has 0 spiro atoms. The molecule has 3 heteroatoms. The molecule has 1 fully saturated rings. The molecule has 0 unspecified atom stereocenters. The maximum atomic E-state index is 12.5. The largest absolute Gasteiger partial charge is 0.370 e. The SMILES string of the molecule is COC1(C(=O)Cc2ccc(Br)cc2)CCCCC1. The maximum Gasteiger partial charge on any atom is 0.168 e. The normalized spacial score (nSPS) is 18.6. The van der Waals surface area contributed by atoms with Crippen molar-refractivity contribution in [2.24, 2.45) is 0 Å². The van der Waals surface area contributed by atoms with Crippen LogP contribution in [0.2, 0.25) is 0 Å². The number of ether oxygens (including phenoxy) is 1. The maximum absolute atomic E-state index is 12.5. The summed E-state index contributed by atoms with van der Waals surface area (Å²) < 4.78 is 6.62. The van der Waals surface area contributed by atoms with Crippen molar-refractivity contribution < 1.29 is 9.53 Å². The second-order valence-corrected chi connectivity index (χ2v) is 5.90. The number of hydrogen-bond acceptors (Lipinski definition) is 2. The van der Waals surface area contributed by atoms with Crippen LogP contribution in [0, 0.1) is 0 Å². The van der Waals surface area contributed by atoms with Crippen molar-refractivity contribution in [1.29, 1.82) is 0 Å². The number of rotatable bonds is 4. The van der Waals surface area contributed by atoms with Gasteiger partial charge in [-0.2, -0.15) is 0 Å². The topological polar surface area (TPSA) is 26.3 Å². The van der Waals surface area contributed by atoms with Crippen LogP contribution in [0.15, 0.2) is 28.7 Å². The molecule has 0 aromatic heterocycles. The van der Waals surface area contributed by atoms with E-state index in [1.807, 2.05) is 24.3 Å². The number of methoxy groups -OCH3 is 1. The lowest BCUT2D eigenvalue weighted by atomic mass is 9.79. The summed E-state index contributed by atoms with van der Waals surface area (Å²) in [6.45, 7) is 0. The molecule has 1 aliphatic rings. The Morgan fingerprint density at radius 3 is 2.39 bits per heavy atom. The number of carbonyl (C=O) groups is 1. The van der Waals surface area contributed by atoms with Crippen LogP contribution >= 0.6 is 15.9 Å². The first-order chi connectivity index (χ1) is 8.66. The third-order valence-corrected chi connectivity index (χ3v) is 4.37. The molecule has 0 atom stereocenters. The Bertz CT molecular complexity index is 405. The van der Waals surface area contributed by atoms with Gasteiger partial charge in [0.2, 0.25) is 0 Å². The number of carbonyl (C=O) groups excluding carboxylic acids is 1. The van der Waals surface area contributed by atoms with Gasteiger partial charge in [0.15, 0.2) is 5.78 Å². The van der Waals surface area contributed by atoms with Gasteiger partial charge in [0.1, 0.15) is 5.60 Å². The highest BCUT2D eigenvalue weighted by Crippen LogP contribution is 2.33. The van der Waals surface area contributed by atoms with E-state index in [-0.39, 0.29) is 5.78 Å². The zero-order chi connectivity index (χ0) is 13.0. The smallest absolute Gasteiger partial charge is 0.168 e. The van der Waals surface area contributed by atoms with Crippen LogP contribution < -0.4 is 0 Å². The molecule has 0 aliphatic heterocycles. The Kier molecular flexibility index (Phi) is 4.57. The monoisotopic (exact) mass is 310 g/mol. The molecule has 0 saturated heterocycles. The molecule has 0 radical (unpaired) electrons. The van der Waals surface area contributed by atoms with Crippen molar-refractivity contribution >= 4 is 21.7 Å². The number of benzene rings is 1. The summed E-state index contributed by atoms with van der Waals surface area (Å²) in [5.74, 6) is 0.229. The molecule has 2 rings (SSSR count). The van der Waals surface area contributed by atoms with Crippen LogP contribution in [0.25, 0.3) is 0 Å². The number of hydrogen-bond donors (Lipinski definition) is 0. The molecule has 0 amide bonds. The first kappa shape index (κ1) is 13.8. The van der Waals surface area contributed by atoms with Gasteiger partial charge in [-0.05, 0) is 30.5 Å². The number of ketones is 1. The Labute approximate surface area is 117 Å². The summed E-state index contributed by atoms with van der Waals surface area (Å²) in [5.41, 5.74) is 0.538. The van der Waals surface area contributed by atoms with Crippen LogP contribution in [0.1, 0.15) is 37.7 Å². The summed E-state index contributed by atoms with van der Waals surface area (Å²) >= 11 is 3.40. The van der Waals surface area contributed by atoms with Gasteiger partial charge in [-0.3, -0.25) is 4.79 Å². The fraction of sp³-hybridized carbons (Fsp3) is 0.533. The van der Waals surface area contributed by atoms with Gasteiger partial charge in [-0.15, -0.1) is 0 Å². The minimum absolute atomic E-state index is 0.229. The van der Waals surface area contributed by atoms with E-state index in [0.29, 0.717) is 6.42 Å². The predicted octanol–water partition coefficient (Wildman–Crippen LogP) is 3.91. The van der Waals surface area contributed by atoms with Crippen LogP contribution in [-0.2, 0) is 16.0 Å². The molecular formula is C15H19BrO2. The quantitative estimate of drug-likeness (QED) is 0.843. The molecule has 0 bridgehead atoms. The highest BCUT2D eigenvalue weighted by Gasteiger charge is 2.38. The highest BCUT2D eigenvalue weighted by atomic mass is 79.9. The van der Waals surface area contributed by atoms with Gasteiger partial charge >= 0.3 is 0 Å². The van der Waals surface area contributed by atoms with E-state index in [1.54, 1.807) is 7.11 Å². The van der Waals surface area contributed by atoms with Crippen LogP contribution in [0.5, 0.6) is 0 Å². The third kappa shape index (κ3) is 3.01. The average molecular weight is 311 g/mol. The van der Waals surface area contributed by atoms with E-state index in [9.17, 15) is 4.79 Å².